The minimum absolute atomic E-state index is 0.220. The minimum atomic E-state index is -3.50. The van der Waals surface area contributed by atoms with Crippen LogP contribution in [0.5, 0.6) is 0 Å². The van der Waals surface area contributed by atoms with Gasteiger partial charge in [-0.05, 0) is 55.3 Å². The first-order chi connectivity index (χ1) is 14.0. The first-order valence-electron chi connectivity index (χ1n) is 9.55. The molecule has 2 aromatic carbocycles. The molecule has 0 saturated carbocycles. The molecule has 0 unspecified atom stereocenters. The van der Waals surface area contributed by atoms with Gasteiger partial charge in [0.1, 0.15) is 0 Å². The van der Waals surface area contributed by atoms with Gasteiger partial charge in [0, 0.05) is 36.1 Å². The van der Waals surface area contributed by atoms with Crippen LogP contribution >= 0.6 is 0 Å². The number of hydrogen-bond donors (Lipinski definition) is 2. The van der Waals surface area contributed by atoms with Crippen molar-refractivity contribution in [2.24, 2.45) is 0 Å². The van der Waals surface area contributed by atoms with Crippen LogP contribution in [0.25, 0.3) is 11.3 Å². The molecule has 0 atom stereocenters. The number of amides is 1. The number of nitrogens with zero attached hydrogens (tertiary/aromatic N) is 2. The summed E-state index contributed by atoms with van der Waals surface area (Å²) in [6.07, 6.45) is 4.50. The zero-order valence-electron chi connectivity index (χ0n) is 15.8. The predicted molar refractivity (Wildman–Crippen MR) is 111 cm³/mol. The van der Waals surface area contributed by atoms with Crippen LogP contribution in [0.1, 0.15) is 29.6 Å². The highest BCUT2D eigenvalue weighted by Gasteiger charge is 2.25. The van der Waals surface area contributed by atoms with Crippen LogP contribution in [0.2, 0.25) is 0 Å². The molecule has 29 heavy (non-hydrogen) atoms. The van der Waals surface area contributed by atoms with E-state index in [9.17, 15) is 13.2 Å². The third-order valence-electron chi connectivity index (χ3n) is 5.00. The largest absolute Gasteiger partial charge is 0.322 e. The Bertz CT molecular complexity index is 1090. The zero-order chi connectivity index (χ0) is 20.3. The first kappa shape index (κ1) is 19.4. The molecule has 1 amide bonds. The van der Waals surface area contributed by atoms with Gasteiger partial charge in [-0.1, -0.05) is 18.6 Å². The number of carbonyl (C=O) groups is 1. The van der Waals surface area contributed by atoms with Crippen LogP contribution in [0.4, 0.5) is 5.69 Å². The van der Waals surface area contributed by atoms with Crippen LogP contribution in [0.3, 0.4) is 0 Å². The molecule has 0 aliphatic carbocycles. The lowest BCUT2D eigenvalue weighted by atomic mass is 10.1. The summed E-state index contributed by atoms with van der Waals surface area (Å²) in [7, 11) is -3.50. The maximum Gasteiger partial charge on any atom is 0.255 e. The summed E-state index contributed by atoms with van der Waals surface area (Å²) in [5, 5.41) is 9.67. The minimum Gasteiger partial charge on any atom is -0.322 e. The fraction of sp³-hybridized carbons (Fsp3) is 0.238. The quantitative estimate of drug-likeness (QED) is 0.673. The summed E-state index contributed by atoms with van der Waals surface area (Å²) in [6, 6.07) is 15.4. The molecule has 150 valence electrons. The van der Waals surface area contributed by atoms with Gasteiger partial charge in [-0.15, -0.1) is 0 Å². The second-order valence-electron chi connectivity index (χ2n) is 6.99. The van der Waals surface area contributed by atoms with Crippen molar-refractivity contribution >= 4 is 21.6 Å². The van der Waals surface area contributed by atoms with E-state index in [1.54, 1.807) is 24.4 Å². The number of rotatable bonds is 5. The maximum atomic E-state index is 12.7. The molecule has 1 saturated heterocycles. The molecule has 1 aliphatic heterocycles. The first-order valence-corrected chi connectivity index (χ1v) is 11.0. The van der Waals surface area contributed by atoms with E-state index in [1.807, 2.05) is 24.3 Å². The fourth-order valence-corrected chi connectivity index (χ4v) is 4.93. The molecule has 0 spiro atoms. The molecule has 8 heteroatoms. The van der Waals surface area contributed by atoms with Gasteiger partial charge in [0.05, 0.1) is 10.6 Å². The van der Waals surface area contributed by atoms with Gasteiger partial charge in [-0.25, -0.2) is 8.42 Å². The molecule has 0 radical (unpaired) electrons. The Labute approximate surface area is 169 Å². The van der Waals surface area contributed by atoms with E-state index in [-0.39, 0.29) is 10.8 Å². The monoisotopic (exact) mass is 410 g/mol. The van der Waals surface area contributed by atoms with Crippen molar-refractivity contribution < 1.29 is 13.2 Å². The van der Waals surface area contributed by atoms with Gasteiger partial charge in [0.15, 0.2) is 0 Å². The van der Waals surface area contributed by atoms with Gasteiger partial charge < -0.3 is 5.32 Å². The lowest BCUT2D eigenvalue weighted by Crippen LogP contribution is -2.35. The summed E-state index contributed by atoms with van der Waals surface area (Å²) in [6.45, 7) is 1.11. The van der Waals surface area contributed by atoms with Gasteiger partial charge >= 0.3 is 0 Å². The molecular weight excluding hydrogens is 388 g/mol. The van der Waals surface area contributed by atoms with E-state index in [0.717, 1.165) is 30.5 Å². The predicted octanol–water partition coefficient (Wildman–Crippen LogP) is 3.50. The molecule has 1 aliphatic rings. The zero-order valence-corrected chi connectivity index (χ0v) is 16.7. The number of aromatic amines is 1. The number of aromatic nitrogens is 2. The molecule has 0 bridgehead atoms. The van der Waals surface area contributed by atoms with Gasteiger partial charge in [0.2, 0.25) is 10.0 Å². The summed E-state index contributed by atoms with van der Waals surface area (Å²) < 4.78 is 27.0. The van der Waals surface area contributed by atoms with Crippen LogP contribution < -0.4 is 5.32 Å². The molecule has 2 heterocycles. The average molecular weight is 410 g/mol. The number of carbonyl (C=O) groups excluding carboxylic acids is 1. The normalized spacial score (nSPS) is 15.2. The molecule has 3 aromatic rings. The summed E-state index contributed by atoms with van der Waals surface area (Å²) in [5.74, 6) is -0.298. The molecule has 7 nitrogen and oxygen atoms in total. The van der Waals surface area contributed by atoms with Crippen molar-refractivity contribution in [1.29, 1.82) is 0 Å². The van der Waals surface area contributed by atoms with Crippen molar-refractivity contribution in [2.75, 3.05) is 18.4 Å². The Hall–Kier alpha value is -2.97. The van der Waals surface area contributed by atoms with E-state index in [4.69, 9.17) is 0 Å². The van der Waals surface area contributed by atoms with Crippen molar-refractivity contribution in [3.63, 3.8) is 0 Å². The SMILES string of the molecule is O=C(Nc1cccc(-c2ccn[nH]2)c1)c1ccc(S(=O)(=O)N2CCCCC2)cc1. The van der Waals surface area contributed by atoms with Crippen molar-refractivity contribution in [2.45, 2.75) is 24.2 Å². The van der Waals surface area contributed by atoms with E-state index >= 15 is 0 Å². The Morgan fingerprint density at radius 1 is 1.00 bits per heavy atom. The standard InChI is InChI=1S/C21H22N4O3S/c26-21(23-18-6-4-5-17(15-18)20-11-12-22-24-20)16-7-9-19(10-8-16)29(27,28)25-13-2-1-3-14-25/h4-12,15H,1-3,13-14H2,(H,22,24)(H,23,26). The van der Waals surface area contributed by atoms with Crippen LogP contribution in [-0.4, -0.2) is 41.9 Å². The summed E-state index contributed by atoms with van der Waals surface area (Å²) in [4.78, 5) is 12.8. The third-order valence-corrected chi connectivity index (χ3v) is 6.91. The maximum absolute atomic E-state index is 12.7. The number of benzene rings is 2. The topological polar surface area (TPSA) is 95.2 Å². The molecular formula is C21H22N4O3S. The molecule has 1 fully saturated rings. The number of sulfonamides is 1. The highest BCUT2D eigenvalue weighted by Crippen LogP contribution is 2.23. The van der Waals surface area contributed by atoms with Crippen molar-refractivity contribution in [3.05, 3.63) is 66.4 Å². The van der Waals surface area contributed by atoms with Crippen molar-refractivity contribution in [1.82, 2.24) is 14.5 Å². The summed E-state index contributed by atoms with van der Waals surface area (Å²) in [5.41, 5.74) is 2.80. The van der Waals surface area contributed by atoms with Crippen molar-refractivity contribution in [3.8, 4) is 11.3 Å². The lowest BCUT2D eigenvalue weighted by Gasteiger charge is -2.25. The van der Waals surface area contributed by atoms with E-state index in [1.165, 1.54) is 16.4 Å². The third kappa shape index (κ3) is 4.23. The van der Waals surface area contributed by atoms with Gasteiger partial charge in [0.25, 0.3) is 5.91 Å². The number of piperidine rings is 1. The van der Waals surface area contributed by atoms with Crippen LogP contribution in [0.15, 0.2) is 65.7 Å². The van der Waals surface area contributed by atoms with E-state index in [0.29, 0.717) is 24.3 Å². The van der Waals surface area contributed by atoms with E-state index in [2.05, 4.69) is 15.5 Å². The molecule has 1 aromatic heterocycles. The van der Waals surface area contributed by atoms with Crippen LogP contribution in [0, 0.1) is 0 Å². The fourth-order valence-electron chi connectivity index (χ4n) is 3.42. The lowest BCUT2D eigenvalue weighted by molar-refractivity contribution is 0.102. The van der Waals surface area contributed by atoms with Gasteiger partial charge in [-0.2, -0.15) is 9.40 Å². The number of nitrogens with one attached hydrogen (secondary N) is 2. The molecule has 2 N–H and O–H groups in total. The van der Waals surface area contributed by atoms with Gasteiger partial charge in [-0.3, -0.25) is 9.89 Å². The Kier molecular flexibility index (Phi) is 5.46. The Morgan fingerprint density at radius 3 is 2.45 bits per heavy atom. The Morgan fingerprint density at radius 2 is 1.76 bits per heavy atom. The van der Waals surface area contributed by atoms with Crippen LogP contribution in [-0.2, 0) is 10.0 Å². The molecule has 4 rings (SSSR count). The summed E-state index contributed by atoms with van der Waals surface area (Å²) >= 11 is 0. The highest BCUT2D eigenvalue weighted by atomic mass is 32.2. The second kappa shape index (κ2) is 8.18. The Balaban J connectivity index is 1.48. The average Bonchev–Trinajstić information content (AvgIpc) is 3.30. The number of anilines is 1. The number of hydrogen-bond acceptors (Lipinski definition) is 4. The second-order valence-corrected chi connectivity index (χ2v) is 8.93. The highest BCUT2D eigenvalue weighted by molar-refractivity contribution is 7.89. The smallest absolute Gasteiger partial charge is 0.255 e. The number of H-pyrrole nitrogens is 1. The van der Waals surface area contributed by atoms with E-state index < -0.39 is 10.0 Å².